The van der Waals surface area contributed by atoms with Gasteiger partial charge in [-0.05, 0) is 19.9 Å². The van der Waals surface area contributed by atoms with Crippen molar-refractivity contribution in [1.82, 2.24) is 10.2 Å². The molecule has 0 bridgehead atoms. The smallest absolute Gasteiger partial charge is 0.236 e. The molecule has 15 heavy (non-hydrogen) atoms. The molecule has 0 unspecified atom stereocenters. The van der Waals surface area contributed by atoms with Crippen LogP contribution in [0, 0.1) is 5.92 Å². The molecule has 4 nitrogen and oxygen atoms in total. The summed E-state index contributed by atoms with van der Waals surface area (Å²) in [4.78, 5) is 13.9. The maximum Gasteiger partial charge on any atom is 0.236 e. The van der Waals surface area contributed by atoms with Crippen LogP contribution in [0.5, 0.6) is 0 Å². The summed E-state index contributed by atoms with van der Waals surface area (Å²) in [7, 11) is 1.82. The fraction of sp³-hybridized carbons (Fsp3) is 0.909. The predicted molar refractivity (Wildman–Crippen MR) is 57.6 cm³/mol. The molecular formula is C11H20N2O2. The van der Waals surface area contributed by atoms with Gasteiger partial charge in [0, 0.05) is 18.5 Å². The van der Waals surface area contributed by atoms with Gasteiger partial charge >= 0.3 is 0 Å². The Morgan fingerprint density at radius 3 is 3.20 bits per heavy atom. The van der Waals surface area contributed by atoms with E-state index in [1.807, 2.05) is 11.9 Å². The summed E-state index contributed by atoms with van der Waals surface area (Å²) in [5.74, 6) is 0.799. The van der Waals surface area contributed by atoms with Crippen LogP contribution in [0.15, 0.2) is 0 Å². The summed E-state index contributed by atoms with van der Waals surface area (Å²) >= 11 is 0. The Morgan fingerprint density at radius 1 is 1.53 bits per heavy atom. The molecule has 1 aliphatic heterocycles. The summed E-state index contributed by atoms with van der Waals surface area (Å²) in [6.45, 7) is 2.75. The van der Waals surface area contributed by atoms with E-state index in [-0.39, 0.29) is 5.91 Å². The molecule has 2 aliphatic rings. The molecule has 1 saturated heterocycles. The standard InChI is InChI=1S/C11H20N2O2/c1-12-7-11(14)13-5-6-15-8-9-3-2-4-10(9)13/h9-10,12H,2-8H2,1H3/t9-,10+/m0/s1. The number of carbonyl (C=O) groups excluding carboxylic acids is 1. The van der Waals surface area contributed by atoms with Crippen LogP contribution in [-0.2, 0) is 9.53 Å². The minimum atomic E-state index is 0.222. The summed E-state index contributed by atoms with van der Waals surface area (Å²) in [5, 5.41) is 2.93. The number of nitrogens with zero attached hydrogens (tertiary/aromatic N) is 1. The van der Waals surface area contributed by atoms with Crippen molar-refractivity contribution in [3.05, 3.63) is 0 Å². The van der Waals surface area contributed by atoms with Crippen LogP contribution < -0.4 is 5.32 Å². The Hall–Kier alpha value is -0.610. The van der Waals surface area contributed by atoms with Crippen molar-refractivity contribution < 1.29 is 9.53 Å². The number of hydrogen-bond donors (Lipinski definition) is 1. The average molecular weight is 212 g/mol. The molecule has 2 rings (SSSR count). The summed E-state index contributed by atoms with van der Waals surface area (Å²) in [5.41, 5.74) is 0. The molecule has 1 N–H and O–H groups in total. The third-order valence-electron chi connectivity index (χ3n) is 3.48. The molecule has 0 aromatic heterocycles. The van der Waals surface area contributed by atoms with Gasteiger partial charge in [0.15, 0.2) is 0 Å². The number of rotatable bonds is 2. The summed E-state index contributed by atoms with van der Waals surface area (Å²) in [6.07, 6.45) is 3.61. The molecule has 2 atom stereocenters. The topological polar surface area (TPSA) is 41.6 Å². The molecule has 1 aliphatic carbocycles. The van der Waals surface area contributed by atoms with Crippen molar-refractivity contribution >= 4 is 5.91 Å². The maximum absolute atomic E-state index is 11.9. The number of hydrogen-bond acceptors (Lipinski definition) is 3. The van der Waals surface area contributed by atoms with Gasteiger partial charge in [0.05, 0.1) is 19.8 Å². The van der Waals surface area contributed by atoms with Crippen LogP contribution >= 0.6 is 0 Å². The second kappa shape index (κ2) is 4.94. The molecule has 0 spiro atoms. The van der Waals surface area contributed by atoms with Gasteiger partial charge in [-0.2, -0.15) is 0 Å². The van der Waals surface area contributed by atoms with Gasteiger partial charge < -0.3 is 15.0 Å². The van der Waals surface area contributed by atoms with Crippen molar-refractivity contribution in [2.75, 3.05) is 33.4 Å². The van der Waals surface area contributed by atoms with E-state index in [0.717, 1.165) is 19.6 Å². The van der Waals surface area contributed by atoms with Gasteiger partial charge in [0.1, 0.15) is 0 Å². The molecule has 0 aromatic carbocycles. The largest absolute Gasteiger partial charge is 0.379 e. The van der Waals surface area contributed by atoms with E-state index in [4.69, 9.17) is 4.74 Å². The zero-order valence-corrected chi connectivity index (χ0v) is 9.37. The van der Waals surface area contributed by atoms with Crippen LogP contribution in [0.4, 0.5) is 0 Å². The zero-order valence-electron chi connectivity index (χ0n) is 9.37. The molecular weight excluding hydrogens is 192 g/mol. The number of amides is 1. The van der Waals surface area contributed by atoms with Gasteiger partial charge in [0.25, 0.3) is 0 Å². The van der Waals surface area contributed by atoms with Gasteiger partial charge in [0.2, 0.25) is 5.91 Å². The Labute approximate surface area is 91.0 Å². The highest BCUT2D eigenvalue weighted by Gasteiger charge is 2.35. The van der Waals surface area contributed by atoms with Crippen molar-refractivity contribution in [3.63, 3.8) is 0 Å². The van der Waals surface area contributed by atoms with Crippen LogP contribution in [0.1, 0.15) is 19.3 Å². The number of nitrogens with one attached hydrogen (secondary N) is 1. The maximum atomic E-state index is 11.9. The van der Waals surface area contributed by atoms with Crippen molar-refractivity contribution in [2.45, 2.75) is 25.3 Å². The van der Waals surface area contributed by atoms with Gasteiger partial charge in [-0.15, -0.1) is 0 Å². The molecule has 1 amide bonds. The van der Waals surface area contributed by atoms with E-state index in [1.54, 1.807) is 0 Å². The molecule has 4 heteroatoms. The van der Waals surface area contributed by atoms with E-state index in [2.05, 4.69) is 5.32 Å². The quantitative estimate of drug-likeness (QED) is 0.712. The minimum Gasteiger partial charge on any atom is -0.379 e. The van der Waals surface area contributed by atoms with E-state index >= 15 is 0 Å². The van der Waals surface area contributed by atoms with Gasteiger partial charge in [-0.1, -0.05) is 6.42 Å². The third kappa shape index (κ3) is 2.32. The Bertz CT molecular complexity index is 233. The van der Waals surface area contributed by atoms with E-state index in [1.165, 1.54) is 12.8 Å². The third-order valence-corrected chi connectivity index (χ3v) is 3.48. The monoisotopic (exact) mass is 212 g/mol. The fourth-order valence-corrected chi connectivity index (χ4v) is 2.75. The lowest BCUT2D eigenvalue weighted by molar-refractivity contribution is -0.132. The van der Waals surface area contributed by atoms with E-state index < -0.39 is 0 Å². The van der Waals surface area contributed by atoms with Crippen LogP contribution in [-0.4, -0.2) is 50.2 Å². The summed E-state index contributed by atoms with van der Waals surface area (Å²) in [6, 6.07) is 0.438. The lowest BCUT2D eigenvalue weighted by Crippen LogP contribution is -2.45. The van der Waals surface area contributed by atoms with Crippen molar-refractivity contribution in [1.29, 1.82) is 0 Å². The predicted octanol–water partition coefficient (Wildman–Crippen LogP) is 0.233. The lowest BCUT2D eigenvalue weighted by Gasteiger charge is -2.29. The second-order valence-electron chi connectivity index (χ2n) is 4.45. The highest BCUT2D eigenvalue weighted by molar-refractivity contribution is 5.78. The fourth-order valence-electron chi connectivity index (χ4n) is 2.75. The first kappa shape index (κ1) is 10.9. The van der Waals surface area contributed by atoms with Gasteiger partial charge in [-0.25, -0.2) is 0 Å². The Kier molecular flexibility index (Phi) is 3.59. The molecule has 1 saturated carbocycles. The Balaban J connectivity index is 2.03. The first-order chi connectivity index (χ1) is 7.33. The van der Waals surface area contributed by atoms with Crippen LogP contribution in [0.2, 0.25) is 0 Å². The van der Waals surface area contributed by atoms with Crippen LogP contribution in [0.3, 0.4) is 0 Å². The highest BCUT2D eigenvalue weighted by atomic mass is 16.5. The summed E-state index contributed by atoms with van der Waals surface area (Å²) < 4.78 is 5.55. The number of fused-ring (bicyclic) bond motifs is 1. The second-order valence-corrected chi connectivity index (χ2v) is 4.45. The number of ether oxygens (including phenoxy) is 1. The number of likely N-dealkylation sites (N-methyl/N-ethyl adjacent to an activating group) is 1. The molecule has 86 valence electrons. The lowest BCUT2D eigenvalue weighted by atomic mass is 10.0. The normalized spacial score (nSPS) is 31.1. The van der Waals surface area contributed by atoms with Crippen LogP contribution in [0.25, 0.3) is 0 Å². The van der Waals surface area contributed by atoms with E-state index in [0.29, 0.717) is 25.1 Å². The molecule has 2 fully saturated rings. The Morgan fingerprint density at radius 2 is 2.40 bits per heavy atom. The first-order valence-corrected chi connectivity index (χ1v) is 5.84. The van der Waals surface area contributed by atoms with Gasteiger partial charge in [-0.3, -0.25) is 4.79 Å². The molecule has 0 radical (unpaired) electrons. The SMILES string of the molecule is CNCC(=O)N1CCOC[C@@H]2CCC[C@H]21. The molecule has 1 heterocycles. The first-order valence-electron chi connectivity index (χ1n) is 5.84. The molecule has 0 aromatic rings. The minimum absolute atomic E-state index is 0.222. The highest BCUT2D eigenvalue weighted by Crippen LogP contribution is 2.31. The van der Waals surface area contributed by atoms with E-state index in [9.17, 15) is 4.79 Å². The van der Waals surface area contributed by atoms with Crippen molar-refractivity contribution in [2.24, 2.45) is 5.92 Å². The average Bonchev–Trinajstić information content (AvgIpc) is 2.58. The van der Waals surface area contributed by atoms with Crippen molar-refractivity contribution in [3.8, 4) is 0 Å². The zero-order chi connectivity index (χ0) is 10.7. The number of carbonyl (C=O) groups is 1.